The van der Waals surface area contributed by atoms with Crippen LogP contribution in [-0.2, 0) is 9.59 Å². The number of hydrogen-bond donors (Lipinski definition) is 3. The third kappa shape index (κ3) is 5.98. The molecule has 168 valence electrons. The lowest BCUT2D eigenvalue weighted by Crippen LogP contribution is -2.47. The van der Waals surface area contributed by atoms with Crippen LogP contribution in [0.2, 0.25) is 0 Å². The largest absolute Gasteiger partial charge is 0.481 e. The molecular weight excluding hydrogens is 418 g/mol. The highest BCUT2D eigenvalue weighted by Gasteiger charge is 2.29. The Bertz CT molecular complexity index is 1120. The Balaban J connectivity index is 1.24. The van der Waals surface area contributed by atoms with E-state index in [-0.39, 0.29) is 11.8 Å². The van der Waals surface area contributed by atoms with Crippen LogP contribution in [0.25, 0.3) is 11.1 Å². The number of benzene rings is 3. The van der Waals surface area contributed by atoms with Gasteiger partial charge >= 0.3 is 0 Å². The molecule has 3 N–H and O–H groups in total. The van der Waals surface area contributed by atoms with E-state index in [1.54, 1.807) is 43.3 Å². The second-order valence-corrected chi connectivity index (χ2v) is 7.93. The van der Waals surface area contributed by atoms with Crippen LogP contribution in [0.1, 0.15) is 30.1 Å². The number of hydrogen-bond acceptors (Lipinski definition) is 4. The van der Waals surface area contributed by atoms with Crippen molar-refractivity contribution < 1.29 is 19.1 Å². The summed E-state index contributed by atoms with van der Waals surface area (Å²) < 4.78 is 5.68. The molecule has 0 radical (unpaired) electrons. The van der Waals surface area contributed by atoms with Gasteiger partial charge in [0.05, 0.1) is 0 Å². The molecule has 0 aromatic heterocycles. The molecule has 1 unspecified atom stereocenters. The van der Waals surface area contributed by atoms with Crippen LogP contribution in [-0.4, -0.2) is 23.8 Å². The van der Waals surface area contributed by atoms with Crippen molar-refractivity contribution in [3.05, 3.63) is 84.4 Å². The molecule has 0 aliphatic heterocycles. The average molecular weight is 444 g/mol. The summed E-state index contributed by atoms with van der Waals surface area (Å²) in [4.78, 5) is 36.4. The summed E-state index contributed by atoms with van der Waals surface area (Å²) in [5.41, 5.74) is 7.88. The van der Waals surface area contributed by atoms with Crippen LogP contribution in [0.5, 0.6) is 5.75 Å². The fourth-order valence-corrected chi connectivity index (χ4v) is 3.20. The van der Waals surface area contributed by atoms with Crippen molar-refractivity contribution in [2.24, 2.45) is 5.92 Å². The van der Waals surface area contributed by atoms with E-state index in [4.69, 9.17) is 4.74 Å². The van der Waals surface area contributed by atoms with Crippen molar-refractivity contribution in [3.63, 3.8) is 0 Å². The molecule has 7 nitrogen and oxygen atoms in total. The van der Waals surface area contributed by atoms with E-state index in [9.17, 15) is 14.4 Å². The lowest BCUT2D eigenvalue weighted by molar-refractivity contribution is -0.128. The molecule has 0 heterocycles. The molecule has 0 spiro atoms. The Morgan fingerprint density at radius 3 is 2.09 bits per heavy atom. The van der Waals surface area contributed by atoms with Gasteiger partial charge in [0.2, 0.25) is 5.91 Å². The molecule has 0 saturated heterocycles. The number of anilines is 1. The Morgan fingerprint density at radius 1 is 0.818 bits per heavy atom. The topological polar surface area (TPSA) is 96.5 Å². The van der Waals surface area contributed by atoms with Gasteiger partial charge in [-0.05, 0) is 67.3 Å². The zero-order chi connectivity index (χ0) is 23.2. The highest BCUT2D eigenvalue weighted by Crippen LogP contribution is 2.30. The number of carbonyl (C=O) groups is 3. The third-order valence-electron chi connectivity index (χ3n) is 5.31. The van der Waals surface area contributed by atoms with E-state index in [2.05, 4.69) is 16.2 Å². The van der Waals surface area contributed by atoms with Gasteiger partial charge in [0.1, 0.15) is 5.75 Å². The third-order valence-corrected chi connectivity index (χ3v) is 5.31. The molecule has 3 aromatic rings. The maximum atomic E-state index is 12.3. The molecule has 1 atom stereocenters. The Kier molecular flexibility index (Phi) is 6.69. The van der Waals surface area contributed by atoms with Crippen molar-refractivity contribution in [1.82, 2.24) is 10.9 Å². The van der Waals surface area contributed by atoms with Gasteiger partial charge in [-0.1, -0.05) is 42.5 Å². The Hall–Kier alpha value is -4.13. The van der Waals surface area contributed by atoms with Crippen LogP contribution < -0.4 is 20.9 Å². The molecule has 3 aromatic carbocycles. The van der Waals surface area contributed by atoms with E-state index in [1.165, 1.54) is 0 Å². The summed E-state index contributed by atoms with van der Waals surface area (Å²) in [6.45, 7) is 1.60. The molecule has 33 heavy (non-hydrogen) atoms. The SMILES string of the molecule is CC(Oc1ccc(-c2ccccc2)cc1)C(=O)NNC(=O)c1ccc(NC(=O)C2CC2)cc1. The van der Waals surface area contributed by atoms with Gasteiger partial charge in [0, 0.05) is 17.2 Å². The molecule has 1 saturated carbocycles. The summed E-state index contributed by atoms with van der Waals surface area (Å²) in [7, 11) is 0. The lowest BCUT2D eigenvalue weighted by Gasteiger charge is -2.15. The molecule has 1 aliphatic rings. The normalized spacial score (nSPS) is 13.5. The lowest BCUT2D eigenvalue weighted by atomic mass is 10.1. The number of hydrazine groups is 1. The number of amides is 3. The van der Waals surface area contributed by atoms with Crippen molar-refractivity contribution in [1.29, 1.82) is 0 Å². The van der Waals surface area contributed by atoms with Crippen molar-refractivity contribution >= 4 is 23.4 Å². The van der Waals surface area contributed by atoms with E-state index >= 15 is 0 Å². The first-order valence-corrected chi connectivity index (χ1v) is 10.8. The zero-order valence-electron chi connectivity index (χ0n) is 18.2. The quantitative estimate of drug-likeness (QED) is 0.482. The van der Waals surface area contributed by atoms with Crippen LogP contribution >= 0.6 is 0 Å². The van der Waals surface area contributed by atoms with Crippen molar-refractivity contribution in [2.75, 3.05) is 5.32 Å². The number of nitrogens with one attached hydrogen (secondary N) is 3. The van der Waals surface area contributed by atoms with Gasteiger partial charge in [-0.2, -0.15) is 0 Å². The highest BCUT2D eigenvalue weighted by molar-refractivity contribution is 5.97. The maximum Gasteiger partial charge on any atom is 0.279 e. The van der Waals surface area contributed by atoms with Crippen LogP contribution in [0.15, 0.2) is 78.9 Å². The number of ether oxygens (including phenoxy) is 1. The number of carbonyl (C=O) groups excluding carboxylic acids is 3. The minimum absolute atomic E-state index is 0.00292. The molecular formula is C26H25N3O4. The van der Waals surface area contributed by atoms with Gasteiger partial charge in [-0.25, -0.2) is 0 Å². The van der Waals surface area contributed by atoms with Crippen LogP contribution in [0, 0.1) is 5.92 Å². The number of rotatable bonds is 7. The van der Waals surface area contributed by atoms with Gasteiger partial charge in [0.15, 0.2) is 6.10 Å². The molecule has 4 rings (SSSR count). The van der Waals surface area contributed by atoms with Gasteiger partial charge in [-0.15, -0.1) is 0 Å². The zero-order valence-corrected chi connectivity index (χ0v) is 18.2. The minimum Gasteiger partial charge on any atom is -0.481 e. The summed E-state index contributed by atoms with van der Waals surface area (Å²) in [5.74, 6) is -0.295. The molecule has 0 bridgehead atoms. The predicted octanol–water partition coefficient (Wildman–Crippen LogP) is 3.93. The van der Waals surface area contributed by atoms with Crippen LogP contribution in [0.3, 0.4) is 0 Å². The van der Waals surface area contributed by atoms with Crippen LogP contribution in [0.4, 0.5) is 5.69 Å². The molecule has 1 fully saturated rings. The summed E-state index contributed by atoms with van der Waals surface area (Å²) in [6.07, 6.45) is 1.04. The summed E-state index contributed by atoms with van der Waals surface area (Å²) in [5, 5.41) is 2.81. The Morgan fingerprint density at radius 2 is 1.45 bits per heavy atom. The minimum atomic E-state index is -0.812. The maximum absolute atomic E-state index is 12.3. The first kappa shape index (κ1) is 22.1. The van der Waals surface area contributed by atoms with E-state index in [0.29, 0.717) is 17.0 Å². The van der Waals surface area contributed by atoms with E-state index < -0.39 is 17.9 Å². The average Bonchev–Trinajstić information content (AvgIpc) is 3.69. The second-order valence-electron chi connectivity index (χ2n) is 7.93. The van der Waals surface area contributed by atoms with Gasteiger partial charge in [-0.3, -0.25) is 25.2 Å². The van der Waals surface area contributed by atoms with E-state index in [1.807, 2.05) is 42.5 Å². The second kappa shape index (κ2) is 9.99. The predicted molar refractivity (Wildman–Crippen MR) is 125 cm³/mol. The molecule has 1 aliphatic carbocycles. The van der Waals surface area contributed by atoms with E-state index in [0.717, 1.165) is 24.0 Å². The Labute approximate surface area is 192 Å². The highest BCUT2D eigenvalue weighted by atomic mass is 16.5. The first-order valence-electron chi connectivity index (χ1n) is 10.8. The summed E-state index contributed by atoms with van der Waals surface area (Å²) in [6, 6.07) is 23.9. The standard InChI is InChI=1S/C26H25N3O4/c1-17(33-23-15-11-19(12-16-23)18-5-3-2-4-6-18)24(30)28-29-26(32)21-9-13-22(14-10-21)27-25(31)20-7-8-20/h2-6,9-17,20H,7-8H2,1H3,(H,27,31)(H,28,30)(H,29,32). The fraction of sp³-hybridized carbons (Fsp3) is 0.192. The van der Waals surface area contributed by atoms with Crippen molar-refractivity contribution in [3.8, 4) is 16.9 Å². The monoisotopic (exact) mass is 443 g/mol. The molecule has 3 amide bonds. The van der Waals surface area contributed by atoms with Gasteiger partial charge in [0.25, 0.3) is 11.8 Å². The van der Waals surface area contributed by atoms with Gasteiger partial charge < -0.3 is 10.1 Å². The fourth-order valence-electron chi connectivity index (χ4n) is 3.20. The smallest absolute Gasteiger partial charge is 0.279 e. The molecule has 7 heteroatoms. The first-order chi connectivity index (χ1) is 16.0. The van der Waals surface area contributed by atoms with Crippen molar-refractivity contribution in [2.45, 2.75) is 25.9 Å². The summed E-state index contributed by atoms with van der Waals surface area (Å²) >= 11 is 0.